The van der Waals surface area contributed by atoms with Crippen LogP contribution in [0.4, 0.5) is 0 Å². The van der Waals surface area contributed by atoms with E-state index in [0.29, 0.717) is 6.61 Å². The van der Waals surface area contributed by atoms with Gasteiger partial charge in [0.05, 0.1) is 6.61 Å². The second-order valence-electron chi connectivity index (χ2n) is 4.24. The predicted molar refractivity (Wildman–Crippen MR) is 54.5 cm³/mol. The van der Waals surface area contributed by atoms with Crippen LogP contribution in [-0.2, 0) is 9.53 Å². The summed E-state index contributed by atoms with van der Waals surface area (Å²) in [6, 6.07) is 0. The molecule has 0 aliphatic rings. The summed E-state index contributed by atoms with van der Waals surface area (Å²) >= 11 is 0. The van der Waals surface area contributed by atoms with E-state index >= 15 is 0 Å². The maximum Gasteiger partial charge on any atom is 0.330 e. The van der Waals surface area contributed by atoms with Gasteiger partial charge in [0.25, 0.3) is 0 Å². The van der Waals surface area contributed by atoms with E-state index in [-0.39, 0.29) is 11.4 Å². The molecule has 13 heavy (non-hydrogen) atoms. The van der Waals surface area contributed by atoms with Crippen molar-refractivity contribution >= 4 is 5.97 Å². The molecule has 2 nitrogen and oxygen atoms in total. The summed E-state index contributed by atoms with van der Waals surface area (Å²) < 4.78 is 4.94. The average molecular weight is 184 g/mol. The largest absolute Gasteiger partial charge is 0.463 e. The Kier molecular flexibility index (Phi) is 4.74. The van der Waals surface area contributed by atoms with Crippen LogP contribution in [0.3, 0.4) is 0 Å². The molecule has 0 atom stereocenters. The molecule has 0 aromatic rings. The van der Waals surface area contributed by atoms with Crippen LogP contribution in [0.25, 0.3) is 0 Å². The van der Waals surface area contributed by atoms with Crippen molar-refractivity contribution in [2.75, 3.05) is 6.61 Å². The van der Waals surface area contributed by atoms with Crippen LogP contribution in [0, 0.1) is 5.41 Å². The number of rotatable bonds is 3. The Hall–Kier alpha value is -0.790. The highest BCUT2D eigenvalue weighted by molar-refractivity contribution is 5.82. The second-order valence-corrected chi connectivity index (χ2v) is 4.24. The predicted octanol–water partition coefficient (Wildman–Crippen LogP) is 2.93. The number of carbonyl (C=O) groups is 1. The normalized spacial score (nSPS) is 12.8. The number of carbonyl (C=O) groups excluding carboxylic acids is 1. The van der Waals surface area contributed by atoms with E-state index in [2.05, 4.69) is 20.8 Å². The molecule has 0 amide bonds. The van der Waals surface area contributed by atoms with Crippen LogP contribution < -0.4 is 0 Å². The van der Waals surface area contributed by atoms with Crippen molar-refractivity contribution in [1.29, 1.82) is 0 Å². The lowest BCUT2D eigenvalue weighted by molar-refractivity contribution is -0.137. The van der Waals surface area contributed by atoms with Crippen molar-refractivity contribution in [3.05, 3.63) is 11.6 Å². The summed E-state index contributed by atoms with van der Waals surface area (Å²) in [5.74, 6) is -0.228. The SMILES string of the molecule is CCCOC(=O)C=C(C)C(C)(C)C. The molecule has 0 saturated carbocycles. The summed E-state index contributed by atoms with van der Waals surface area (Å²) in [6.07, 6.45) is 2.45. The van der Waals surface area contributed by atoms with Crippen LogP contribution in [0.5, 0.6) is 0 Å². The number of esters is 1. The van der Waals surface area contributed by atoms with E-state index in [9.17, 15) is 4.79 Å². The van der Waals surface area contributed by atoms with Gasteiger partial charge < -0.3 is 4.74 Å². The minimum atomic E-state index is -0.228. The fraction of sp³-hybridized carbons (Fsp3) is 0.727. The van der Waals surface area contributed by atoms with Crippen molar-refractivity contribution < 1.29 is 9.53 Å². The van der Waals surface area contributed by atoms with Crippen molar-refractivity contribution in [2.24, 2.45) is 5.41 Å². The highest BCUT2D eigenvalue weighted by atomic mass is 16.5. The summed E-state index contributed by atoms with van der Waals surface area (Å²) in [4.78, 5) is 11.2. The highest BCUT2D eigenvalue weighted by Crippen LogP contribution is 2.23. The molecule has 0 aromatic carbocycles. The van der Waals surface area contributed by atoms with Gasteiger partial charge in [-0.15, -0.1) is 0 Å². The quantitative estimate of drug-likeness (QED) is 0.498. The third kappa shape index (κ3) is 5.45. The van der Waals surface area contributed by atoms with E-state index in [1.807, 2.05) is 13.8 Å². The first-order valence-electron chi connectivity index (χ1n) is 4.73. The number of hydrogen-bond acceptors (Lipinski definition) is 2. The lowest BCUT2D eigenvalue weighted by Gasteiger charge is -2.18. The molecule has 0 rings (SSSR count). The topological polar surface area (TPSA) is 26.3 Å². The first-order valence-corrected chi connectivity index (χ1v) is 4.73. The Morgan fingerprint density at radius 2 is 1.92 bits per heavy atom. The zero-order valence-corrected chi connectivity index (χ0v) is 9.31. The van der Waals surface area contributed by atoms with Gasteiger partial charge >= 0.3 is 5.97 Å². The number of ether oxygens (including phenoxy) is 1. The van der Waals surface area contributed by atoms with E-state index in [1.54, 1.807) is 6.08 Å². The van der Waals surface area contributed by atoms with E-state index in [1.165, 1.54) is 0 Å². The van der Waals surface area contributed by atoms with Gasteiger partial charge in [0.1, 0.15) is 0 Å². The zero-order valence-electron chi connectivity index (χ0n) is 9.31. The molecule has 2 heteroatoms. The molecule has 0 bridgehead atoms. The van der Waals surface area contributed by atoms with Gasteiger partial charge in [0, 0.05) is 6.08 Å². The van der Waals surface area contributed by atoms with Crippen molar-refractivity contribution in [2.45, 2.75) is 41.0 Å². The lowest BCUT2D eigenvalue weighted by atomic mass is 9.87. The Morgan fingerprint density at radius 1 is 1.38 bits per heavy atom. The van der Waals surface area contributed by atoms with Gasteiger partial charge in [0.15, 0.2) is 0 Å². The summed E-state index contributed by atoms with van der Waals surface area (Å²) in [6.45, 7) is 10.7. The molecular weight excluding hydrogens is 164 g/mol. The minimum Gasteiger partial charge on any atom is -0.463 e. The molecule has 0 radical (unpaired) electrons. The molecule has 0 aliphatic heterocycles. The fourth-order valence-electron chi connectivity index (χ4n) is 0.638. The maximum atomic E-state index is 11.2. The third-order valence-corrected chi connectivity index (χ3v) is 1.97. The summed E-state index contributed by atoms with van der Waals surface area (Å²) in [7, 11) is 0. The molecule has 0 heterocycles. The molecular formula is C11H20O2. The van der Waals surface area contributed by atoms with Crippen LogP contribution in [0.2, 0.25) is 0 Å². The van der Waals surface area contributed by atoms with E-state index in [4.69, 9.17) is 4.74 Å². The van der Waals surface area contributed by atoms with Gasteiger partial charge in [-0.3, -0.25) is 0 Å². The standard InChI is InChI=1S/C11H20O2/c1-6-7-13-10(12)8-9(2)11(3,4)5/h8H,6-7H2,1-5H3. The Bertz CT molecular complexity index is 197. The lowest BCUT2D eigenvalue weighted by Crippen LogP contribution is -2.10. The molecule has 0 spiro atoms. The molecule has 0 fully saturated rings. The Morgan fingerprint density at radius 3 is 2.31 bits per heavy atom. The van der Waals surface area contributed by atoms with Crippen molar-refractivity contribution in [1.82, 2.24) is 0 Å². The van der Waals surface area contributed by atoms with Crippen LogP contribution in [-0.4, -0.2) is 12.6 Å². The third-order valence-electron chi connectivity index (χ3n) is 1.97. The van der Waals surface area contributed by atoms with Crippen LogP contribution in [0.1, 0.15) is 41.0 Å². The Balaban J connectivity index is 4.15. The van der Waals surface area contributed by atoms with E-state index in [0.717, 1.165) is 12.0 Å². The summed E-state index contributed by atoms with van der Waals surface area (Å²) in [5, 5.41) is 0. The first kappa shape index (κ1) is 12.2. The smallest absolute Gasteiger partial charge is 0.330 e. The zero-order chi connectivity index (χ0) is 10.5. The molecule has 0 unspecified atom stereocenters. The minimum absolute atomic E-state index is 0.0469. The van der Waals surface area contributed by atoms with Crippen LogP contribution >= 0.6 is 0 Å². The van der Waals surface area contributed by atoms with Gasteiger partial charge in [-0.2, -0.15) is 0 Å². The van der Waals surface area contributed by atoms with Crippen molar-refractivity contribution in [3.8, 4) is 0 Å². The monoisotopic (exact) mass is 184 g/mol. The second kappa shape index (κ2) is 5.05. The fourth-order valence-corrected chi connectivity index (χ4v) is 0.638. The Labute approximate surface area is 81.0 Å². The summed E-state index contributed by atoms with van der Waals surface area (Å²) in [5.41, 5.74) is 1.10. The number of allylic oxidation sites excluding steroid dienone is 1. The molecule has 0 aromatic heterocycles. The molecule has 0 N–H and O–H groups in total. The van der Waals surface area contributed by atoms with Gasteiger partial charge in [0.2, 0.25) is 0 Å². The van der Waals surface area contributed by atoms with Gasteiger partial charge in [-0.1, -0.05) is 33.3 Å². The molecule has 0 saturated heterocycles. The average Bonchev–Trinajstić information content (AvgIpc) is 1.99. The van der Waals surface area contributed by atoms with E-state index < -0.39 is 0 Å². The molecule has 0 aliphatic carbocycles. The van der Waals surface area contributed by atoms with Crippen molar-refractivity contribution in [3.63, 3.8) is 0 Å². The highest BCUT2D eigenvalue weighted by Gasteiger charge is 2.13. The molecule has 76 valence electrons. The van der Waals surface area contributed by atoms with Gasteiger partial charge in [-0.25, -0.2) is 4.79 Å². The maximum absolute atomic E-state index is 11.2. The first-order chi connectivity index (χ1) is 5.88. The van der Waals surface area contributed by atoms with Gasteiger partial charge in [-0.05, 0) is 18.8 Å². The number of hydrogen-bond donors (Lipinski definition) is 0. The van der Waals surface area contributed by atoms with Crippen LogP contribution in [0.15, 0.2) is 11.6 Å².